The fourth-order valence-corrected chi connectivity index (χ4v) is 4.12. The van der Waals surface area contributed by atoms with Gasteiger partial charge in [-0.15, -0.1) is 0 Å². The van der Waals surface area contributed by atoms with E-state index in [-0.39, 0.29) is 18.9 Å². The number of hydrogen-bond donors (Lipinski definition) is 3. The van der Waals surface area contributed by atoms with Gasteiger partial charge in [0, 0.05) is 24.0 Å². The van der Waals surface area contributed by atoms with Gasteiger partial charge in [0.1, 0.15) is 5.82 Å². The third-order valence-electron chi connectivity index (χ3n) is 5.90. The second-order valence-corrected chi connectivity index (χ2v) is 9.03. The van der Waals surface area contributed by atoms with Crippen molar-refractivity contribution < 1.29 is 23.9 Å². The van der Waals surface area contributed by atoms with Crippen LogP contribution in [0, 0.1) is 5.82 Å². The molecule has 0 fully saturated rings. The number of nitrogens with one attached hydrogen (secondary N) is 2. The van der Waals surface area contributed by atoms with E-state index in [0.29, 0.717) is 45.0 Å². The van der Waals surface area contributed by atoms with Crippen LogP contribution in [0.25, 0.3) is 11.3 Å². The molecule has 3 aromatic rings. The highest BCUT2D eigenvalue weighted by Crippen LogP contribution is 2.38. The summed E-state index contributed by atoms with van der Waals surface area (Å²) in [6.45, 7) is 0.272. The molecule has 0 spiro atoms. The first-order chi connectivity index (χ1) is 17.6. The molecule has 0 saturated heterocycles. The summed E-state index contributed by atoms with van der Waals surface area (Å²) in [7, 11) is 5.35. The molecule has 2 amide bonds. The van der Waals surface area contributed by atoms with Crippen molar-refractivity contribution in [2.75, 3.05) is 43.2 Å². The van der Waals surface area contributed by atoms with Gasteiger partial charge < -0.3 is 25.5 Å². The van der Waals surface area contributed by atoms with E-state index in [4.69, 9.17) is 0 Å². The van der Waals surface area contributed by atoms with Crippen molar-refractivity contribution >= 4 is 46.1 Å². The van der Waals surface area contributed by atoms with E-state index >= 15 is 0 Å². The number of anilines is 3. The van der Waals surface area contributed by atoms with Crippen molar-refractivity contribution in [2.45, 2.75) is 6.42 Å². The van der Waals surface area contributed by atoms with Crippen LogP contribution >= 0.6 is 0 Å². The molecule has 37 heavy (non-hydrogen) atoms. The highest BCUT2D eigenvalue weighted by molar-refractivity contribution is 6.37. The summed E-state index contributed by atoms with van der Waals surface area (Å²) in [5.41, 5.74) is 4.16. The molecule has 0 aliphatic carbocycles. The summed E-state index contributed by atoms with van der Waals surface area (Å²) < 4.78 is 13.8. The summed E-state index contributed by atoms with van der Waals surface area (Å²) >= 11 is 0. The first-order valence-corrected chi connectivity index (χ1v) is 11.6. The molecule has 9 heteroatoms. The summed E-state index contributed by atoms with van der Waals surface area (Å²) in [5.74, 6) is -1.91. The molecule has 1 aliphatic heterocycles. The summed E-state index contributed by atoms with van der Waals surface area (Å²) in [4.78, 5) is 40.1. The van der Waals surface area contributed by atoms with Crippen LogP contribution < -0.4 is 15.5 Å². The van der Waals surface area contributed by atoms with Crippen LogP contribution in [0.3, 0.4) is 0 Å². The van der Waals surface area contributed by atoms with Gasteiger partial charge in [0.2, 0.25) is 5.91 Å². The van der Waals surface area contributed by atoms with Crippen molar-refractivity contribution in [1.29, 1.82) is 0 Å². The average molecular weight is 503 g/mol. The van der Waals surface area contributed by atoms with Crippen molar-refractivity contribution in [1.82, 2.24) is 4.90 Å². The lowest BCUT2D eigenvalue weighted by Crippen LogP contribution is -2.34. The number of amides is 2. The van der Waals surface area contributed by atoms with E-state index in [1.54, 1.807) is 65.4 Å². The van der Waals surface area contributed by atoms with Gasteiger partial charge in [-0.3, -0.25) is 14.4 Å². The first-order valence-electron chi connectivity index (χ1n) is 11.6. The molecule has 190 valence electrons. The highest BCUT2D eigenvalue weighted by Gasteiger charge is 2.29. The number of carboxylic acids is 1. The highest BCUT2D eigenvalue weighted by atomic mass is 19.1. The number of carbonyl (C=O) groups excluding carboxylic acids is 2. The number of halogens is 1. The molecule has 0 saturated carbocycles. The molecule has 0 bridgehead atoms. The maximum absolute atomic E-state index is 13.8. The van der Waals surface area contributed by atoms with E-state index < -0.39 is 17.7 Å². The topological polar surface area (TPSA) is 102 Å². The van der Waals surface area contributed by atoms with Gasteiger partial charge in [-0.1, -0.05) is 18.2 Å². The molecule has 4 rings (SSSR count). The Hall–Kier alpha value is -4.50. The van der Waals surface area contributed by atoms with Crippen molar-refractivity contribution in [3.05, 3.63) is 89.2 Å². The number of carboxylic acid groups (broad SMARTS) is 1. The smallest absolute Gasteiger partial charge is 0.307 e. The second kappa shape index (κ2) is 10.6. The number of aliphatic carboxylic acids is 1. The Kier molecular flexibility index (Phi) is 7.35. The summed E-state index contributed by atoms with van der Waals surface area (Å²) in [6, 6.07) is 18.1. The fraction of sp³-hybridized carbons (Fsp3) is 0.179. The Morgan fingerprint density at radius 3 is 2.41 bits per heavy atom. The Morgan fingerprint density at radius 1 is 1.00 bits per heavy atom. The normalized spacial score (nSPS) is 13.7. The zero-order valence-corrected chi connectivity index (χ0v) is 20.7. The molecule has 3 aromatic carbocycles. The number of fused-ring (bicyclic) bond motifs is 1. The van der Waals surface area contributed by atoms with Crippen molar-refractivity contribution in [2.24, 2.45) is 0 Å². The van der Waals surface area contributed by atoms with Crippen molar-refractivity contribution in [3.63, 3.8) is 0 Å². The minimum absolute atomic E-state index is 0.0600. The fourth-order valence-electron chi connectivity index (χ4n) is 4.12. The van der Waals surface area contributed by atoms with Gasteiger partial charge in [0.05, 0.1) is 29.9 Å². The van der Waals surface area contributed by atoms with Crippen LogP contribution in [0.5, 0.6) is 0 Å². The minimum Gasteiger partial charge on any atom is -0.481 e. The number of rotatable bonds is 8. The Balaban J connectivity index is 1.75. The third kappa shape index (κ3) is 5.84. The zero-order chi connectivity index (χ0) is 26.7. The van der Waals surface area contributed by atoms with Gasteiger partial charge in [-0.2, -0.15) is 0 Å². The minimum atomic E-state index is -0.970. The maximum Gasteiger partial charge on any atom is 0.307 e. The van der Waals surface area contributed by atoms with Gasteiger partial charge in [0.15, 0.2) is 0 Å². The lowest BCUT2D eigenvalue weighted by atomic mass is 9.98. The van der Waals surface area contributed by atoms with E-state index in [1.165, 1.54) is 18.2 Å². The van der Waals surface area contributed by atoms with E-state index in [2.05, 4.69) is 10.6 Å². The number of likely N-dealkylation sites (N-methyl/N-ethyl adjacent to an activating group) is 2. The number of carbonyl (C=O) groups is 3. The Bertz CT molecular complexity index is 1400. The maximum atomic E-state index is 13.8. The molecule has 3 N–H and O–H groups in total. The quantitative estimate of drug-likeness (QED) is 0.404. The lowest BCUT2D eigenvalue weighted by Gasteiger charge is -2.20. The molecular formula is C28H27FN4O4. The predicted octanol–water partition coefficient (Wildman–Crippen LogP) is 3.91. The van der Waals surface area contributed by atoms with E-state index in [0.717, 1.165) is 0 Å². The monoisotopic (exact) mass is 502 g/mol. The molecule has 0 aromatic heterocycles. The first kappa shape index (κ1) is 25.6. The SMILES string of the molecule is CN(C)CC(=O)N(C)c1ccc(NC(=C2C(=O)Nc3cc(F)ccc32)c2cccc(CC(=O)O)c2)cc1. The van der Waals surface area contributed by atoms with Gasteiger partial charge >= 0.3 is 5.97 Å². The van der Waals surface area contributed by atoms with Crippen LogP contribution in [0.4, 0.5) is 21.5 Å². The van der Waals surface area contributed by atoms with Gasteiger partial charge in [0.25, 0.3) is 5.91 Å². The van der Waals surface area contributed by atoms with Gasteiger partial charge in [-0.25, -0.2) is 4.39 Å². The van der Waals surface area contributed by atoms with Gasteiger partial charge in [-0.05, 0) is 73.8 Å². The molecule has 8 nitrogen and oxygen atoms in total. The van der Waals surface area contributed by atoms with Crippen molar-refractivity contribution in [3.8, 4) is 0 Å². The molecular weight excluding hydrogens is 475 g/mol. The average Bonchev–Trinajstić information content (AvgIpc) is 3.16. The lowest BCUT2D eigenvalue weighted by molar-refractivity contribution is -0.136. The standard InChI is InChI=1S/C28H27FN4O4/c1-32(2)16-24(34)33(3)21-10-8-20(9-11-21)30-27(18-6-4-5-17(13-18)14-25(35)36)26-22-12-7-19(29)15-23(22)31-28(26)37/h4-13,15,30H,14,16H2,1-3H3,(H,31,37)(H,35,36). The van der Waals surface area contributed by atoms with Crippen LogP contribution in [-0.4, -0.2) is 55.5 Å². The molecule has 0 unspecified atom stereocenters. The summed E-state index contributed by atoms with van der Waals surface area (Å²) in [5, 5.41) is 15.2. The van der Waals surface area contributed by atoms with E-state index in [1.807, 2.05) is 14.1 Å². The third-order valence-corrected chi connectivity index (χ3v) is 5.90. The molecule has 0 atom stereocenters. The van der Waals surface area contributed by atoms with Crippen LogP contribution in [-0.2, 0) is 20.8 Å². The van der Waals surface area contributed by atoms with Crippen LogP contribution in [0.2, 0.25) is 0 Å². The van der Waals surface area contributed by atoms with E-state index in [9.17, 15) is 23.9 Å². The largest absolute Gasteiger partial charge is 0.481 e. The summed E-state index contributed by atoms with van der Waals surface area (Å²) in [6.07, 6.45) is -0.174. The zero-order valence-electron chi connectivity index (χ0n) is 20.7. The second-order valence-electron chi connectivity index (χ2n) is 9.03. The van der Waals surface area contributed by atoms with Crippen LogP contribution in [0.15, 0.2) is 66.7 Å². The molecule has 0 radical (unpaired) electrons. The molecule has 1 heterocycles. The Labute approximate surface area is 214 Å². The number of hydrogen-bond acceptors (Lipinski definition) is 5. The Morgan fingerprint density at radius 2 is 1.73 bits per heavy atom. The van der Waals surface area contributed by atoms with Crippen LogP contribution in [0.1, 0.15) is 16.7 Å². The number of benzene rings is 3. The molecule has 1 aliphatic rings. The number of nitrogens with zero attached hydrogens (tertiary/aromatic N) is 2. The predicted molar refractivity (Wildman–Crippen MR) is 142 cm³/mol.